The van der Waals surface area contributed by atoms with E-state index in [-0.39, 0.29) is 0 Å². The lowest BCUT2D eigenvalue weighted by Crippen LogP contribution is -2.21. The first-order valence-electron chi connectivity index (χ1n) is 8.96. The maximum absolute atomic E-state index is 2.58. The van der Waals surface area contributed by atoms with Gasteiger partial charge in [-0.2, -0.15) is 0 Å². The Morgan fingerprint density at radius 2 is 1.04 bits per heavy atom. The summed E-state index contributed by atoms with van der Waals surface area (Å²) in [5.74, 6) is 1.36. The molecule has 2 aromatic carbocycles. The average molecular weight is 319 g/mol. The third-order valence-corrected chi connectivity index (χ3v) is 8.42. The Kier molecular flexibility index (Phi) is 3.77. The zero-order valence-corrected chi connectivity index (χ0v) is 15.3. The van der Waals surface area contributed by atoms with Crippen LogP contribution in [0.5, 0.6) is 0 Å². The molecule has 2 unspecified atom stereocenters. The van der Waals surface area contributed by atoms with Crippen molar-refractivity contribution < 1.29 is 0 Å². The molecule has 2 atom stereocenters. The average Bonchev–Trinajstić information content (AvgIpc) is 2.90. The summed E-state index contributed by atoms with van der Waals surface area (Å²) in [6.07, 6.45) is 2.62. The Balaban J connectivity index is 1.76. The summed E-state index contributed by atoms with van der Waals surface area (Å²) in [7, 11) is -1.09. The molecule has 1 aliphatic heterocycles. The molecule has 1 heteroatoms. The van der Waals surface area contributed by atoms with E-state index in [0.717, 1.165) is 0 Å². The Morgan fingerprint density at radius 3 is 1.43 bits per heavy atom. The number of rotatable bonds is 2. The van der Waals surface area contributed by atoms with Crippen LogP contribution in [0.2, 0.25) is 25.2 Å². The highest BCUT2D eigenvalue weighted by Gasteiger charge is 2.41. The molecule has 2 aromatic rings. The Hall–Kier alpha value is -1.60. The highest BCUT2D eigenvalue weighted by molar-refractivity contribution is 6.79. The van der Waals surface area contributed by atoms with E-state index in [4.69, 9.17) is 0 Å². The lowest BCUT2D eigenvalue weighted by molar-refractivity contribution is 0.556. The molecule has 0 nitrogen and oxygen atoms in total. The van der Waals surface area contributed by atoms with Gasteiger partial charge < -0.3 is 0 Å². The van der Waals surface area contributed by atoms with Crippen LogP contribution in [0, 0.1) is 0 Å². The van der Waals surface area contributed by atoms with Gasteiger partial charge in [-0.3, -0.25) is 0 Å². The van der Waals surface area contributed by atoms with Crippen LogP contribution in [0.25, 0.3) is 0 Å². The van der Waals surface area contributed by atoms with E-state index in [1.54, 1.807) is 11.1 Å². The number of hydrogen-bond acceptors (Lipinski definition) is 0. The van der Waals surface area contributed by atoms with Gasteiger partial charge in [0.1, 0.15) is 0 Å². The third-order valence-electron chi connectivity index (χ3n) is 5.74. The minimum atomic E-state index is -1.09. The van der Waals surface area contributed by atoms with Crippen LogP contribution >= 0.6 is 0 Å². The molecule has 0 spiro atoms. The summed E-state index contributed by atoms with van der Waals surface area (Å²) >= 11 is 0. The van der Waals surface area contributed by atoms with Crippen molar-refractivity contribution in [2.45, 2.75) is 49.9 Å². The predicted molar refractivity (Wildman–Crippen MR) is 102 cm³/mol. The zero-order valence-electron chi connectivity index (χ0n) is 14.3. The lowest BCUT2D eigenvalue weighted by Gasteiger charge is -2.32. The summed E-state index contributed by atoms with van der Waals surface area (Å²) in [5, 5.41) is 0. The van der Waals surface area contributed by atoms with Crippen LogP contribution in [0.15, 0.2) is 71.8 Å². The van der Waals surface area contributed by atoms with Crippen LogP contribution in [0.4, 0.5) is 0 Å². The van der Waals surface area contributed by atoms with E-state index in [1.807, 2.05) is 11.1 Å². The summed E-state index contributed by atoms with van der Waals surface area (Å²) < 4.78 is 0. The van der Waals surface area contributed by atoms with E-state index in [2.05, 4.69) is 73.8 Å². The Labute approximate surface area is 141 Å². The number of allylic oxidation sites excluding steroid dienone is 2. The first kappa shape index (κ1) is 15.0. The van der Waals surface area contributed by atoms with Crippen molar-refractivity contribution in [2.24, 2.45) is 0 Å². The second-order valence-electron chi connectivity index (χ2n) is 8.07. The van der Waals surface area contributed by atoms with Gasteiger partial charge in [-0.05, 0) is 36.1 Å². The normalized spacial score (nSPS) is 26.2. The maximum Gasteiger partial charge on any atom is 0.0554 e. The van der Waals surface area contributed by atoms with Crippen LogP contribution in [-0.4, -0.2) is 8.07 Å². The maximum atomic E-state index is 2.58. The standard InChI is InChI=1S/C22H26Si/c1-23(2)15-21-19(17-9-5-3-6-10-17)13-14-20(22(21)16-23)18-11-7-4-8-12-18/h3-12,19-20H,13-16H2,1-2H3. The van der Waals surface area contributed by atoms with Crippen LogP contribution in [0.1, 0.15) is 35.8 Å². The quantitative estimate of drug-likeness (QED) is 0.446. The first-order valence-corrected chi connectivity index (χ1v) is 12.4. The van der Waals surface area contributed by atoms with Gasteiger partial charge in [0.05, 0.1) is 8.07 Å². The molecule has 0 radical (unpaired) electrons. The zero-order chi connectivity index (χ0) is 15.9. The lowest BCUT2D eigenvalue weighted by atomic mass is 9.73. The monoisotopic (exact) mass is 318 g/mol. The van der Waals surface area contributed by atoms with Crippen molar-refractivity contribution in [3.05, 3.63) is 82.9 Å². The topological polar surface area (TPSA) is 0 Å². The van der Waals surface area contributed by atoms with Gasteiger partial charge in [-0.15, -0.1) is 0 Å². The van der Waals surface area contributed by atoms with Gasteiger partial charge in [0, 0.05) is 11.8 Å². The van der Waals surface area contributed by atoms with Crippen molar-refractivity contribution in [2.75, 3.05) is 0 Å². The molecule has 2 aliphatic rings. The molecule has 0 N–H and O–H groups in total. The summed E-state index contributed by atoms with van der Waals surface area (Å²) in [5.41, 5.74) is 6.71. The molecule has 1 aliphatic carbocycles. The van der Waals surface area contributed by atoms with E-state index < -0.39 is 8.07 Å². The van der Waals surface area contributed by atoms with Gasteiger partial charge in [-0.1, -0.05) is 84.9 Å². The predicted octanol–water partition coefficient (Wildman–Crippen LogP) is 6.37. The molecular weight excluding hydrogens is 292 g/mol. The van der Waals surface area contributed by atoms with E-state index in [9.17, 15) is 0 Å². The van der Waals surface area contributed by atoms with Gasteiger partial charge in [0.15, 0.2) is 0 Å². The number of benzene rings is 2. The third kappa shape index (κ3) is 2.83. The molecule has 0 amide bonds. The van der Waals surface area contributed by atoms with Crippen molar-refractivity contribution in [1.82, 2.24) is 0 Å². The number of hydrogen-bond donors (Lipinski definition) is 0. The highest BCUT2D eigenvalue weighted by Crippen LogP contribution is 2.54. The van der Waals surface area contributed by atoms with Gasteiger partial charge in [0.2, 0.25) is 0 Å². The highest BCUT2D eigenvalue weighted by atomic mass is 28.3. The summed E-state index contributed by atoms with van der Waals surface area (Å²) in [6, 6.07) is 25.3. The van der Waals surface area contributed by atoms with E-state index in [1.165, 1.54) is 24.9 Å². The molecule has 0 saturated heterocycles. The summed E-state index contributed by atoms with van der Waals surface area (Å²) in [4.78, 5) is 0. The molecular formula is C22H26Si. The van der Waals surface area contributed by atoms with Crippen molar-refractivity contribution >= 4 is 8.07 Å². The molecule has 23 heavy (non-hydrogen) atoms. The summed E-state index contributed by atoms with van der Waals surface area (Å²) in [6.45, 7) is 5.16. The molecule has 0 aromatic heterocycles. The molecule has 0 fully saturated rings. The molecule has 0 bridgehead atoms. The second-order valence-corrected chi connectivity index (χ2v) is 13.1. The fraction of sp³-hybridized carbons (Fsp3) is 0.364. The van der Waals surface area contributed by atoms with Crippen LogP contribution < -0.4 is 0 Å². The fourth-order valence-corrected chi connectivity index (χ4v) is 7.94. The second kappa shape index (κ2) is 5.79. The Bertz CT molecular complexity index is 651. The first-order chi connectivity index (χ1) is 11.1. The van der Waals surface area contributed by atoms with Crippen molar-refractivity contribution in [3.63, 3.8) is 0 Å². The Morgan fingerprint density at radius 1 is 0.652 bits per heavy atom. The molecule has 4 rings (SSSR count). The SMILES string of the molecule is C[Si]1(C)CC2=C(C1)C(c1ccccc1)CCC2c1ccccc1. The van der Waals surface area contributed by atoms with Crippen molar-refractivity contribution in [1.29, 1.82) is 0 Å². The molecule has 0 saturated carbocycles. The molecule has 1 heterocycles. The minimum Gasteiger partial charge on any atom is -0.0689 e. The largest absolute Gasteiger partial charge is 0.0689 e. The fourth-order valence-electron chi connectivity index (χ4n) is 4.80. The van der Waals surface area contributed by atoms with Crippen molar-refractivity contribution in [3.8, 4) is 0 Å². The van der Waals surface area contributed by atoms with Gasteiger partial charge in [-0.25, -0.2) is 0 Å². The van der Waals surface area contributed by atoms with Crippen LogP contribution in [0.3, 0.4) is 0 Å². The van der Waals surface area contributed by atoms with Crippen LogP contribution in [-0.2, 0) is 0 Å². The van der Waals surface area contributed by atoms with E-state index >= 15 is 0 Å². The van der Waals surface area contributed by atoms with Gasteiger partial charge >= 0.3 is 0 Å². The van der Waals surface area contributed by atoms with E-state index in [0.29, 0.717) is 11.8 Å². The smallest absolute Gasteiger partial charge is 0.0554 e. The van der Waals surface area contributed by atoms with Gasteiger partial charge in [0.25, 0.3) is 0 Å². The molecule has 118 valence electrons. The minimum absolute atomic E-state index is 0.681.